The van der Waals surface area contributed by atoms with Gasteiger partial charge in [0.25, 0.3) is 5.91 Å². The van der Waals surface area contributed by atoms with E-state index in [1.165, 1.54) is 36.1 Å². The second kappa shape index (κ2) is 7.13. The fourth-order valence-corrected chi connectivity index (χ4v) is 4.19. The number of rotatable bonds is 3. The minimum absolute atomic E-state index is 0.108. The van der Waals surface area contributed by atoms with E-state index in [-0.39, 0.29) is 5.91 Å². The lowest BCUT2D eigenvalue weighted by atomic mass is 10.00. The number of aromatic amines is 1. The molecule has 2 heterocycles. The molecular weight excluding hydrogens is 306 g/mol. The van der Waals surface area contributed by atoms with E-state index in [9.17, 15) is 4.79 Å². The van der Waals surface area contributed by atoms with Crippen molar-refractivity contribution in [3.05, 3.63) is 44.4 Å². The molecule has 0 saturated heterocycles. The predicted octanol–water partition coefficient (Wildman–Crippen LogP) is 4.12. The largest absolute Gasteiger partial charge is 0.362 e. The molecule has 0 atom stereocenters. The van der Waals surface area contributed by atoms with E-state index in [4.69, 9.17) is 0 Å². The first-order chi connectivity index (χ1) is 11.1. The van der Waals surface area contributed by atoms with Gasteiger partial charge in [-0.3, -0.25) is 4.79 Å². The molecule has 23 heavy (non-hydrogen) atoms. The number of hydrogen-bond donors (Lipinski definition) is 2. The van der Waals surface area contributed by atoms with Crippen molar-refractivity contribution in [2.75, 3.05) is 0 Å². The summed E-state index contributed by atoms with van der Waals surface area (Å²) in [5.74, 6) is -0.108. The van der Waals surface area contributed by atoms with E-state index in [0.29, 0.717) is 0 Å². The van der Waals surface area contributed by atoms with Crippen molar-refractivity contribution in [2.24, 2.45) is 5.10 Å². The van der Waals surface area contributed by atoms with Gasteiger partial charge in [0.1, 0.15) is 0 Å². The Balaban J connectivity index is 1.66. The Morgan fingerprint density at radius 1 is 1.22 bits per heavy atom. The van der Waals surface area contributed by atoms with Crippen LogP contribution in [0.25, 0.3) is 0 Å². The third kappa shape index (κ3) is 3.91. The Hall–Kier alpha value is -1.88. The number of amides is 1. The van der Waals surface area contributed by atoms with Crippen molar-refractivity contribution in [1.82, 2.24) is 10.4 Å². The number of hydrogen-bond acceptors (Lipinski definition) is 3. The summed E-state index contributed by atoms with van der Waals surface area (Å²) < 4.78 is 0. The minimum atomic E-state index is -0.108. The van der Waals surface area contributed by atoms with E-state index < -0.39 is 0 Å². The molecule has 0 spiro atoms. The van der Waals surface area contributed by atoms with Gasteiger partial charge in [-0.1, -0.05) is 12.8 Å². The molecule has 5 heteroatoms. The molecule has 3 rings (SSSR count). The summed E-state index contributed by atoms with van der Waals surface area (Å²) in [5.41, 5.74) is 7.16. The number of carbonyl (C=O) groups is 1. The maximum Gasteiger partial charge on any atom is 0.281 e. The number of thiophene rings is 1. The average molecular weight is 329 g/mol. The number of aromatic nitrogens is 1. The number of fused-ring (bicyclic) bond motifs is 1. The summed E-state index contributed by atoms with van der Waals surface area (Å²) in [5, 5.41) is 4.10. The molecule has 2 aromatic rings. The minimum Gasteiger partial charge on any atom is -0.362 e. The summed E-state index contributed by atoms with van der Waals surface area (Å²) in [6.07, 6.45) is 8.98. The Kier molecular flexibility index (Phi) is 4.96. The van der Waals surface area contributed by atoms with E-state index in [1.54, 1.807) is 17.6 Å². The van der Waals surface area contributed by atoms with Gasteiger partial charge in [-0.2, -0.15) is 5.10 Å². The summed E-state index contributed by atoms with van der Waals surface area (Å²) in [7, 11) is 0. The highest BCUT2D eigenvalue weighted by atomic mass is 32.1. The number of nitrogens with zero attached hydrogens (tertiary/aromatic N) is 1. The van der Waals surface area contributed by atoms with Crippen molar-refractivity contribution in [1.29, 1.82) is 0 Å². The van der Waals surface area contributed by atoms with Gasteiger partial charge in [0.05, 0.1) is 11.1 Å². The van der Waals surface area contributed by atoms with E-state index in [2.05, 4.69) is 21.6 Å². The predicted molar refractivity (Wildman–Crippen MR) is 95.5 cm³/mol. The van der Waals surface area contributed by atoms with E-state index in [1.807, 2.05) is 19.9 Å². The molecule has 0 aromatic carbocycles. The van der Waals surface area contributed by atoms with Crippen LogP contribution in [0.5, 0.6) is 0 Å². The summed E-state index contributed by atoms with van der Waals surface area (Å²) in [6.45, 7) is 4.00. The van der Waals surface area contributed by atoms with Crippen molar-refractivity contribution >= 4 is 23.5 Å². The average Bonchev–Trinajstić information content (AvgIpc) is 3.02. The molecule has 0 unspecified atom stereocenters. The summed E-state index contributed by atoms with van der Waals surface area (Å²) in [6, 6.07) is 4.07. The normalized spacial score (nSPS) is 15.2. The summed E-state index contributed by atoms with van der Waals surface area (Å²) >= 11 is 1.63. The molecule has 2 aromatic heterocycles. The first-order valence-corrected chi connectivity index (χ1v) is 9.06. The van der Waals surface area contributed by atoms with Gasteiger partial charge in [0.15, 0.2) is 0 Å². The van der Waals surface area contributed by atoms with Crippen LogP contribution in [0.2, 0.25) is 0 Å². The second-order valence-electron chi connectivity index (χ2n) is 6.21. The maximum absolute atomic E-state index is 12.3. The van der Waals surface area contributed by atoms with Gasteiger partial charge in [0.2, 0.25) is 0 Å². The lowest BCUT2D eigenvalue weighted by Gasteiger charge is -2.07. The molecule has 1 aliphatic rings. The first kappa shape index (κ1) is 16.0. The quantitative estimate of drug-likeness (QED) is 0.646. The number of hydrazone groups is 1. The topological polar surface area (TPSA) is 57.2 Å². The first-order valence-electron chi connectivity index (χ1n) is 8.24. The zero-order valence-electron chi connectivity index (χ0n) is 13.7. The Morgan fingerprint density at radius 2 is 2.00 bits per heavy atom. The Morgan fingerprint density at radius 3 is 2.74 bits per heavy atom. The fraction of sp³-hybridized carbons (Fsp3) is 0.444. The highest BCUT2D eigenvalue weighted by Crippen LogP contribution is 2.28. The standard InChI is InChI=1S/C18H23N3OS/c1-12-9-15(13(2)20-12)11-19-21-18(22)17-10-14-7-5-3-4-6-8-16(14)23-17/h9-11,20H,3-8H2,1-2H3,(H,21,22)/b19-11+. The maximum atomic E-state index is 12.3. The third-order valence-electron chi connectivity index (χ3n) is 4.28. The van der Waals surface area contributed by atoms with Gasteiger partial charge in [-0.15, -0.1) is 11.3 Å². The molecule has 122 valence electrons. The zero-order chi connectivity index (χ0) is 16.2. The highest BCUT2D eigenvalue weighted by molar-refractivity contribution is 7.14. The van der Waals surface area contributed by atoms with Crippen molar-refractivity contribution in [3.8, 4) is 0 Å². The second-order valence-corrected chi connectivity index (χ2v) is 7.34. The van der Waals surface area contributed by atoms with Crippen molar-refractivity contribution in [3.63, 3.8) is 0 Å². The molecule has 0 radical (unpaired) electrons. The number of aryl methyl sites for hydroxylation is 4. The molecule has 0 aliphatic heterocycles. The zero-order valence-corrected chi connectivity index (χ0v) is 14.6. The molecule has 4 nitrogen and oxygen atoms in total. The van der Waals surface area contributed by atoms with E-state index in [0.717, 1.165) is 34.7 Å². The van der Waals surface area contributed by atoms with Gasteiger partial charge >= 0.3 is 0 Å². The van der Waals surface area contributed by atoms with Crippen LogP contribution in [-0.4, -0.2) is 17.1 Å². The Labute approximate surface area is 141 Å². The van der Waals surface area contributed by atoms with Crippen LogP contribution in [0.4, 0.5) is 0 Å². The fourth-order valence-electron chi connectivity index (χ4n) is 3.05. The van der Waals surface area contributed by atoms with Crippen LogP contribution in [0.3, 0.4) is 0 Å². The molecule has 0 fully saturated rings. The number of carbonyl (C=O) groups excluding carboxylic acids is 1. The molecule has 1 aliphatic carbocycles. The lowest BCUT2D eigenvalue weighted by Crippen LogP contribution is -2.16. The van der Waals surface area contributed by atoms with Crippen molar-refractivity contribution in [2.45, 2.75) is 52.4 Å². The third-order valence-corrected chi connectivity index (χ3v) is 5.52. The number of H-pyrrole nitrogens is 1. The van der Waals surface area contributed by atoms with E-state index >= 15 is 0 Å². The van der Waals surface area contributed by atoms with Crippen LogP contribution in [0.1, 0.15) is 62.7 Å². The highest BCUT2D eigenvalue weighted by Gasteiger charge is 2.15. The van der Waals surface area contributed by atoms with Crippen LogP contribution < -0.4 is 5.43 Å². The summed E-state index contributed by atoms with van der Waals surface area (Å²) in [4.78, 5) is 17.7. The van der Waals surface area contributed by atoms with Crippen LogP contribution in [0.15, 0.2) is 17.2 Å². The Bertz CT molecular complexity index is 701. The molecular formula is C18H23N3OS. The molecule has 0 bridgehead atoms. The smallest absolute Gasteiger partial charge is 0.281 e. The van der Waals surface area contributed by atoms with Gasteiger partial charge in [-0.05, 0) is 57.2 Å². The van der Waals surface area contributed by atoms with Crippen LogP contribution in [0, 0.1) is 13.8 Å². The molecule has 2 N–H and O–H groups in total. The van der Waals surface area contributed by atoms with Gasteiger partial charge in [-0.25, -0.2) is 5.43 Å². The number of nitrogens with one attached hydrogen (secondary N) is 2. The lowest BCUT2D eigenvalue weighted by molar-refractivity contribution is 0.0959. The molecule has 1 amide bonds. The van der Waals surface area contributed by atoms with Gasteiger partial charge in [0, 0.05) is 21.8 Å². The van der Waals surface area contributed by atoms with Crippen LogP contribution >= 0.6 is 11.3 Å². The van der Waals surface area contributed by atoms with Gasteiger partial charge < -0.3 is 4.98 Å². The SMILES string of the molecule is Cc1cc(/C=N/NC(=O)c2cc3c(s2)CCCCCC3)c(C)[nH]1. The molecule has 0 saturated carbocycles. The van der Waals surface area contributed by atoms with Crippen molar-refractivity contribution < 1.29 is 4.79 Å². The van der Waals surface area contributed by atoms with Crippen LogP contribution in [-0.2, 0) is 12.8 Å². The monoisotopic (exact) mass is 329 g/mol.